The highest BCUT2D eigenvalue weighted by molar-refractivity contribution is 6.47. The molecule has 0 unspecified atom stereocenters. The Hall–Kier alpha value is -2.48. The van der Waals surface area contributed by atoms with Gasteiger partial charge in [-0.15, -0.1) is 0 Å². The van der Waals surface area contributed by atoms with Crippen LogP contribution in [0.4, 0.5) is 11.4 Å². The number of hydrogen-bond donors (Lipinski definition) is 0. The first-order valence-corrected chi connectivity index (χ1v) is 15.6. The fourth-order valence-corrected chi connectivity index (χ4v) is 4.94. The van der Waals surface area contributed by atoms with Crippen molar-refractivity contribution < 1.29 is 0 Å². The van der Waals surface area contributed by atoms with Crippen LogP contribution < -0.4 is 0 Å². The summed E-state index contributed by atoms with van der Waals surface area (Å²) in [7, 11) is 0. The van der Waals surface area contributed by atoms with Crippen LogP contribution in [0.3, 0.4) is 0 Å². The number of unbranched alkanes of at least 4 members (excludes halogenated alkanes) is 3. The molecule has 2 rings (SSSR count). The van der Waals surface area contributed by atoms with Crippen LogP contribution in [0.2, 0.25) is 0 Å². The lowest BCUT2D eigenvalue weighted by Gasteiger charge is -2.12. The molecule has 0 saturated heterocycles. The van der Waals surface area contributed by atoms with Crippen molar-refractivity contribution in [3.63, 3.8) is 0 Å². The Balaban J connectivity index is 2.65. The van der Waals surface area contributed by atoms with E-state index in [9.17, 15) is 0 Å². The van der Waals surface area contributed by atoms with E-state index in [4.69, 9.17) is 9.98 Å². The predicted molar refractivity (Wildman–Crippen MR) is 171 cm³/mol. The highest BCUT2D eigenvalue weighted by Gasteiger charge is 2.10. The van der Waals surface area contributed by atoms with Gasteiger partial charge in [-0.1, -0.05) is 105 Å². The molecular weight excluding hydrogens is 460 g/mol. The van der Waals surface area contributed by atoms with Gasteiger partial charge < -0.3 is 0 Å². The van der Waals surface area contributed by atoms with Crippen LogP contribution in [0.25, 0.3) is 0 Å². The molecule has 0 radical (unpaired) electrons. The lowest BCUT2D eigenvalue weighted by Crippen LogP contribution is -2.12. The van der Waals surface area contributed by atoms with Gasteiger partial charge in [0.1, 0.15) is 0 Å². The van der Waals surface area contributed by atoms with Gasteiger partial charge in [0, 0.05) is 0 Å². The molecule has 2 aromatic rings. The summed E-state index contributed by atoms with van der Waals surface area (Å²) in [4.78, 5) is 10.6. The molecule has 0 aliphatic carbocycles. The molecule has 0 atom stereocenters. The van der Waals surface area contributed by atoms with Crippen molar-refractivity contribution >= 4 is 22.8 Å². The third-order valence-corrected chi connectivity index (χ3v) is 6.81. The maximum absolute atomic E-state index is 5.33. The number of rotatable bonds is 18. The lowest BCUT2D eigenvalue weighted by molar-refractivity contribution is 0.815. The Labute approximate surface area is 234 Å². The first-order chi connectivity index (χ1) is 18.6. The van der Waals surface area contributed by atoms with Crippen molar-refractivity contribution in [2.75, 3.05) is 0 Å². The van der Waals surface area contributed by atoms with E-state index in [0.717, 1.165) is 99.8 Å². The van der Waals surface area contributed by atoms with Crippen molar-refractivity contribution in [3.8, 4) is 0 Å². The van der Waals surface area contributed by atoms with Gasteiger partial charge in [-0.3, -0.25) is 4.99 Å². The van der Waals surface area contributed by atoms with E-state index in [0.29, 0.717) is 0 Å². The quantitative estimate of drug-likeness (QED) is 0.140. The van der Waals surface area contributed by atoms with Crippen molar-refractivity contribution in [2.45, 2.75) is 131 Å². The number of nitrogens with zero attached hydrogens (tertiary/aromatic N) is 2. The predicted octanol–water partition coefficient (Wildman–Crippen LogP) is 11.3. The maximum atomic E-state index is 5.33. The number of aryl methyl sites for hydroxylation is 4. The zero-order valence-corrected chi connectivity index (χ0v) is 25.4. The van der Waals surface area contributed by atoms with Crippen LogP contribution >= 0.6 is 0 Å². The second-order valence-corrected chi connectivity index (χ2v) is 10.7. The normalized spacial score (nSPS) is 12.6. The van der Waals surface area contributed by atoms with E-state index < -0.39 is 0 Å². The maximum Gasteiger partial charge on any atom is 0.0848 e. The Morgan fingerprint density at radius 3 is 1.42 bits per heavy atom. The zero-order chi connectivity index (χ0) is 27.6. The summed E-state index contributed by atoms with van der Waals surface area (Å²) in [5.41, 5.74) is 9.92. The summed E-state index contributed by atoms with van der Waals surface area (Å²) in [5, 5.41) is 0. The third kappa shape index (κ3) is 11.5. The second kappa shape index (κ2) is 18.7. The molecule has 38 heavy (non-hydrogen) atoms. The summed E-state index contributed by atoms with van der Waals surface area (Å²) >= 11 is 0. The van der Waals surface area contributed by atoms with Crippen LogP contribution in [-0.2, 0) is 25.7 Å². The minimum absolute atomic E-state index is 0.949. The molecule has 2 aromatic carbocycles. The molecule has 0 aromatic heterocycles. The smallest absolute Gasteiger partial charge is 0.0848 e. The largest absolute Gasteiger partial charge is 0.251 e. The molecule has 0 amide bonds. The molecule has 2 nitrogen and oxygen atoms in total. The SMILES string of the molecule is CCCCC=CC(=Nc1cc(CCC)cc(CCC)c1)C(CCCC)=Nc1cc(CCC)cc(CCC)c1. The molecular formula is C36H54N2. The fraction of sp³-hybridized carbons (Fsp3) is 0.556. The van der Waals surface area contributed by atoms with Gasteiger partial charge in [0.25, 0.3) is 0 Å². The fourth-order valence-electron chi connectivity index (χ4n) is 4.94. The van der Waals surface area contributed by atoms with Crippen molar-refractivity contribution in [1.82, 2.24) is 0 Å². The van der Waals surface area contributed by atoms with E-state index >= 15 is 0 Å². The van der Waals surface area contributed by atoms with E-state index in [1.165, 1.54) is 35.1 Å². The van der Waals surface area contributed by atoms with Crippen molar-refractivity contribution in [3.05, 3.63) is 70.8 Å². The van der Waals surface area contributed by atoms with Crippen LogP contribution in [0.5, 0.6) is 0 Å². The molecule has 208 valence electrons. The summed E-state index contributed by atoms with van der Waals surface area (Å²) in [6.45, 7) is 13.5. The Kier molecular flexibility index (Phi) is 15.6. The number of benzene rings is 2. The zero-order valence-electron chi connectivity index (χ0n) is 25.4. The summed E-state index contributed by atoms with van der Waals surface area (Å²) in [6, 6.07) is 13.9. The molecule has 0 fully saturated rings. The van der Waals surface area contributed by atoms with E-state index in [1.807, 2.05) is 0 Å². The van der Waals surface area contributed by atoms with Gasteiger partial charge in [0.15, 0.2) is 0 Å². The van der Waals surface area contributed by atoms with Crippen molar-refractivity contribution in [2.24, 2.45) is 9.98 Å². The summed E-state index contributed by atoms with van der Waals surface area (Å²) < 4.78 is 0. The molecule has 0 bridgehead atoms. The van der Waals surface area contributed by atoms with Gasteiger partial charge in [-0.2, -0.15) is 0 Å². The van der Waals surface area contributed by atoms with Gasteiger partial charge in [-0.25, -0.2) is 4.99 Å². The monoisotopic (exact) mass is 514 g/mol. The third-order valence-electron chi connectivity index (χ3n) is 6.81. The minimum atomic E-state index is 0.949. The Morgan fingerprint density at radius 1 is 0.553 bits per heavy atom. The van der Waals surface area contributed by atoms with E-state index in [-0.39, 0.29) is 0 Å². The number of allylic oxidation sites excluding steroid dienone is 2. The molecule has 0 saturated carbocycles. The van der Waals surface area contributed by atoms with E-state index in [1.54, 1.807) is 0 Å². The Bertz CT molecular complexity index is 993. The minimum Gasteiger partial charge on any atom is -0.251 e. The Morgan fingerprint density at radius 2 is 1.00 bits per heavy atom. The molecule has 0 spiro atoms. The van der Waals surface area contributed by atoms with Gasteiger partial charge in [0.05, 0.1) is 22.8 Å². The van der Waals surface area contributed by atoms with Gasteiger partial charge in [-0.05, 0) is 97.5 Å². The number of hydrogen-bond acceptors (Lipinski definition) is 2. The van der Waals surface area contributed by atoms with Crippen LogP contribution in [-0.4, -0.2) is 11.4 Å². The highest BCUT2D eigenvalue weighted by Crippen LogP contribution is 2.24. The molecule has 0 N–H and O–H groups in total. The lowest BCUT2D eigenvalue weighted by atomic mass is 10.0. The van der Waals surface area contributed by atoms with E-state index in [2.05, 4.69) is 90.1 Å². The molecule has 2 heteroatoms. The van der Waals surface area contributed by atoms with Crippen LogP contribution in [0, 0.1) is 0 Å². The van der Waals surface area contributed by atoms with Gasteiger partial charge in [0.2, 0.25) is 0 Å². The first-order valence-electron chi connectivity index (χ1n) is 15.6. The molecule has 0 aliphatic rings. The average Bonchev–Trinajstić information content (AvgIpc) is 2.89. The van der Waals surface area contributed by atoms with Crippen molar-refractivity contribution in [1.29, 1.82) is 0 Å². The molecule has 0 heterocycles. The standard InChI is InChI=1S/C36H54N2/c1-7-13-15-16-22-36(38-34-27-31(19-11-5)24-32(28-34)20-12-6)35(21-14-8-2)37-33-25-29(17-9-3)23-30(26-33)18-10-4/h16,22-28H,7-15,17-21H2,1-6H3. The first kappa shape index (κ1) is 31.7. The highest BCUT2D eigenvalue weighted by atomic mass is 14.8. The van der Waals surface area contributed by atoms with Crippen LogP contribution in [0.15, 0.2) is 58.5 Å². The van der Waals surface area contributed by atoms with Crippen LogP contribution in [0.1, 0.15) is 128 Å². The second-order valence-electron chi connectivity index (χ2n) is 10.7. The average molecular weight is 515 g/mol. The van der Waals surface area contributed by atoms with Gasteiger partial charge >= 0.3 is 0 Å². The molecule has 0 aliphatic heterocycles. The topological polar surface area (TPSA) is 24.7 Å². The summed E-state index contributed by atoms with van der Waals surface area (Å²) in [5.74, 6) is 0. The number of aliphatic imine (C=N–C) groups is 2. The summed E-state index contributed by atoms with van der Waals surface area (Å²) in [6.07, 6.45) is 20.3.